The second kappa shape index (κ2) is 8.48. The predicted molar refractivity (Wildman–Crippen MR) is 99.4 cm³/mol. The monoisotopic (exact) mass is 356 g/mol. The van der Waals surface area contributed by atoms with E-state index in [0.29, 0.717) is 19.6 Å². The molecule has 1 fully saturated rings. The van der Waals surface area contributed by atoms with Crippen molar-refractivity contribution in [1.29, 1.82) is 0 Å². The molecule has 8 heteroatoms. The smallest absolute Gasteiger partial charge is 0.319 e. The first-order valence-electron chi connectivity index (χ1n) is 8.77. The molecule has 5 N–H and O–H groups in total. The van der Waals surface area contributed by atoms with Crippen LogP contribution in [0.1, 0.15) is 12.8 Å². The number of nitrogens with two attached hydrogens (primary N) is 1. The number of carbonyl (C=O) groups is 2. The Morgan fingerprint density at radius 2 is 2.08 bits per heavy atom. The van der Waals surface area contributed by atoms with Crippen molar-refractivity contribution in [3.05, 3.63) is 36.7 Å². The van der Waals surface area contributed by atoms with Gasteiger partial charge in [-0.3, -0.25) is 9.89 Å². The number of anilines is 1. The topological polar surface area (TPSA) is 116 Å². The van der Waals surface area contributed by atoms with Gasteiger partial charge in [-0.25, -0.2) is 4.79 Å². The van der Waals surface area contributed by atoms with Gasteiger partial charge in [-0.05, 0) is 37.1 Å². The third-order valence-corrected chi connectivity index (χ3v) is 4.60. The third-order valence-electron chi connectivity index (χ3n) is 4.60. The van der Waals surface area contributed by atoms with Crippen molar-refractivity contribution >= 4 is 17.6 Å². The van der Waals surface area contributed by atoms with E-state index < -0.39 is 0 Å². The Hall–Kier alpha value is -2.87. The van der Waals surface area contributed by atoms with Gasteiger partial charge in [-0.2, -0.15) is 5.10 Å². The van der Waals surface area contributed by atoms with Gasteiger partial charge in [0.05, 0.1) is 12.1 Å². The number of nitrogens with zero attached hydrogens (tertiary/aromatic N) is 2. The zero-order chi connectivity index (χ0) is 18.4. The number of primary amides is 1. The number of piperidine rings is 1. The lowest BCUT2D eigenvalue weighted by molar-refractivity contribution is -0.123. The Morgan fingerprint density at radius 1 is 1.27 bits per heavy atom. The standard InChI is InChI=1S/C18H24N6O2/c19-17(25)14-2-1-8-24(12-14)9-7-20-18(26)23-16-5-3-13(4-6-16)15-10-21-22-11-15/h3-6,10-11,14H,1-2,7-9,12H2,(H2,19,25)(H,21,22)(H2,20,23,26)/t14-/m1/s1. The fourth-order valence-corrected chi connectivity index (χ4v) is 3.15. The highest BCUT2D eigenvalue weighted by Crippen LogP contribution is 2.20. The summed E-state index contributed by atoms with van der Waals surface area (Å²) in [4.78, 5) is 25.5. The summed E-state index contributed by atoms with van der Waals surface area (Å²) in [6.45, 7) is 2.83. The maximum absolute atomic E-state index is 12.0. The number of likely N-dealkylation sites (tertiary alicyclic amines) is 1. The van der Waals surface area contributed by atoms with E-state index in [1.165, 1.54) is 0 Å². The summed E-state index contributed by atoms with van der Waals surface area (Å²) in [5.41, 5.74) is 8.13. The maximum Gasteiger partial charge on any atom is 0.319 e. The Morgan fingerprint density at radius 3 is 2.77 bits per heavy atom. The van der Waals surface area contributed by atoms with Crippen LogP contribution in [0.5, 0.6) is 0 Å². The van der Waals surface area contributed by atoms with E-state index in [4.69, 9.17) is 5.73 Å². The van der Waals surface area contributed by atoms with Crippen LogP contribution in [0.3, 0.4) is 0 Å². The van der Waals surface area contributed by atoms with Crippen LogP contribution in [-0.4, -0.2) is 53.2 Å². The summed E-state index contributed by atoms with van der Waals surface area (Å²) < 4.78 is 0. The fourth-order valence-electron chi connectivity index (χ4n) is 3.15. The van der Waals surface area contributed by atoms with E-state index in [2.05, 4.69) is 25.7 Å². The number of carbonyl (C=O) groups excluding carboxylic acids is 2. The Balaban J connectivity index is 1.41. The highest BCUT2D eigenvalue weighted by molar-refractivity contribution is 5.89. The molecule has 1 aromatic heterocycles. The molecule has 0 saturated carbocycles. The second-order valence-corrected chi connectivity index (χ2v) is 6.49. The molecule has 2 heterocycles. The second-order valence-electron chi connectivity index (χ2n) is 6.49. The molecule has 1 aliphatic rings. The van der Waals surface area contributed by atoms with Gasteiger partial charge in [0.2, 0.25) is 5.91 Å². The molecule has 3 amide bonds. The van der Waals surface area contributed by atoms with Gasteiger partial charge in [0.1, 0.15) is 0 Å². The largest absolute Gasteiger partial charge is 0.369 e. The van der Waals surface area contributed by atoms with Crippen molar-refractivity contribution in [2.45, 2.75) is 12.8 Å². The van der Waals surface area contributed by atoms with E-state index in [0.717, 1.165) is 36.2 Å². The molecule has 0 bridgehead atoms. The first kappa shape index (κ1) is 17.9. The molecule has 0 aliphatic carbocycles. The number of amides is 3. The normalized spacial score (nSPS) is 17.6. The van der Waals surface area contributed by atoms with Crippen LogP contribution < -0.4 is 16.4 Å². The lowest BCUT2D eigenvalue weighted by atomic mass is 9.97. The number of H-pyrrole nitrogens is 1. The molecule has 0 spiro atoms. The zero-order valence-corrected chi connectivity index (χ0v) is 14.6. The molecule has 1 aliphatic heterocycles. The third kappa shape index (κ3) is 4.82. The molecular formula is C18H24N6O2. The first-order chi connectivity index (χ1) is 12.6. The summed E-state index contributed by atoms with van der Waals surface area (Å²) >= 11 is 0. The number of hydrogen-bond donors (Lipinski definition) is 4. The SMILES string of the molecule is NC(=O)[C@@H]1CCCN(CCNC(=O)Nc2ccc(-c3cn[nH]c3)cc2)C1. The van der Waals surface area contributed by atoms with Crippen molar-refractivity contribution in [2.75, 3.05) is 31.5 Å². The highest BCUT2D eigenvalue weighted by Gasteiger charge is 2.23. The molecule has 1 aromatic carbocycles. The van der Waals surface area contributed by atoms with Crippen LogP contribution in [0.15, 0.2) is 36.7 Å². The molecule has 0 radical (unpaired) electrons. The number of benzene rings is 1. The van der Waals surface area contributed by atoms with Gasteiger partial charge < -0.3 is 21.3 Å². The molecule has 3 rings (SSSR count). The van der Waals surface area contributed by atoms with Crippen LogP contribution in [0, 0.1) is 5.92 Å². The lowest BCUT2D eigenvalue weighted by Crippen LogP contribution is -2.44. The van der Waals surface area contributed by atoms with Gasteiger partial charge in [0, 0.05) is 37.1 Å². The van der Waals surface area contributed by atoms with Crippen LogP contribution in [0.2, 0.25) is 0 Å². The molecule has 26 heavy (non-hydrogen) atoms. The molecule has 8 nitrogen and oxygen atoms in total. The fraction of sp³-hybridized carbons (Fsp3) is 0.389. The van der Waals surface area contributed by atoms with Crippen molar-refractivity contribution < 1.29 is 9.59 Å². The maximum atomic E-state index is 12.0. The van der Waals surface area contributed by atoms with Crippen molar-refractivity contribution in [2.24, 2.45) is 11.7 Å². The van der Waals surface area contributed by atoms with Crippen molar-refractivity contribution in [3.63, 3.8) is 0 Å². The Kier molecular flexibility index (Phi) is 5.85. The van der Waals surface area contributed by atoms with Crippen LogP contribution in [-0.2, 0) is 4.79 Å². The van der Waals surface area contributed by atoms with E-state index in [1.807, 2.05) is 30.5 Å². The van der Waals surface area contributed by atoms with Gasteiger partial charge >= 0.3 is 6.03 Å². The van der Waals surface area contributed by atoms with Crippen LogP contribution in [0.4, 0.5) is 10.5 Å². The van der Waals surface area contributed by atoms with Gasteiger partial charge in [0.15, 0.2) is 0 Å². The average Bonchev–Trinajstić information content (AvgIpc) is 3.17. The van der Waals surface area contributed by atoms with Crippen LogP contribution in [0.25, 0.3) is 11.1 Å². The minimum absolute atomic E-state index is 0.0775. The zero-order valence-electron chi connectivity index (χ0n) is 14.6. The van der Waals surface area contributed by atoms with E-state index in [9.17, 15) is 9.59 Å². The minimum Gasteiger partial charge on any atom is -0.369 e. The lowest BCUT2D eigenvalue weighted by Gasteiger charge is -2.31. The van der Waals surface area contributed by atoms with Crippen LogP contribution >= 0.6 is 0 Å². The summed E-state index contributed by atoms with van der Waals surface area (Å²) in [5.74, 6) is -0.314. The van der Waals surface area contributed by atoms with Gasteiger partial charge in [0.25, 0.3) is 0 Å². The highest BCUT2D eigenvalue weighted by atomic mass is 16.2. The summed E-state index contributed by atoms with van der Waals surface area (Å²) in [5, 5.41) is 12.4. The number of nitrogens with one attached hydrogen (secondary N) is 3. The molecular weight excluding hydrogens is 332 g/mol. The Labute approximate surface area is 152 Å². The molecule has 2 aromatic rings. The van der Waals surface area contributed by atoms with Gasteiger partial charge in [-0.15, -0.1) is 0 Å². The molecule has 1 saturated heterocycles. The van der Waals surface area contributed by atoms with Crippen molar-refractivity contribution in [3.8, 4) is 11.1 Å². The van der Waals surface area contributed by atoms with E-state index >= 15 is 0 Å². The first-order valence-corrected chi connectivity index (χ1v) is 8.77. The predicted octanol–water partition coefficient (Wildman–Crippen LogP) is 1.40. The molecule has 138 valence electrons. The number of aromatic nitrogens is 2. The molecule has 1 atom stereocenters. The number of urea groups is 1. The molecule has 0 unspecified atom stereocenters. The number of rotatable bonds is 6. The Bertz CT molecular complexity index is 729. The summed E-state index contributed by atoms with van der Waals surface area (Å²) in [6, 6.07) is 7.31. The van der Waals surface area contributed by atoms with E-state index in [-0.39, 0.29) is 17.9 Å². The summed E-state index contributed by atoms with van der Waals surface area (Å²) in [7, 11) is 0. The van der Waals surface area contributed by atoms with E-state index in [1.54, 1.807) is 6.20 Å². The summed E-state index contributed by atoms with van der Waals surface area (Å²) in [6.07, 6.45) is 5.38. The quantitative estimate of drug-likeness (QED) is 0.626. The average molecular weight is 356 g/mol. The van der Waals surface area contributed by atoms with Gasteiger partial charge in [-0.1, -0.05) is 12.1 Å². The van der Waals surface area contributed by atoms with Crippen molar-refractivity contribution in [1.82, 2.24) is 20.4 Å². The number of aromatic amines is 1. The number of hydrogen-bond acceptors (Lipinski definition) is 4. The minimum atomic E-state index is -0.246.